The van der Waals surface area contributed by atoms with Gasteiger partial charge >= 0.3 is 18.5 Å². The highest BCUT2D eigenvalue weighted by Crippen LogP contribution is 2.50. The molecule has 16 rings (SSSR count). The van der Waals surface area contributed by atoms with Gasteiger partial charge in [0.15, 0.2) is 0 Å². The summed E-state index contributed by atoms with van der Waals surface area (Å²) in [7, 11) is 0. The highest BCUT2D eigenvalue weighted by molar-refractivity contribution is 6.14. The molecule has 14 heteroatoms. The van der Waals surface area contributed by atoms with Crippen LogP contribution >= 0.6 is 0 Å². The average molecular weight is 1340 g/mol. The van der Waals surface area contributed by atoms with Gasteiger partial charge in [-0.3, -0.25) is 0 Å². The van der Waals surface area contributed by atoms with Gasteiger partial charge in [0.2, 0.25) is 0 Å². The van der Waals surface area contributed by atoms with Gasteiger partial charge in [0.1, 0.15) is 17.2 Å². The van der Waals surface area contributed by atoms with E-state index in [1.165, 1.54) is 24.3 Å². The predicted molar refractivity (Wildman–Crippen MR) is 388 cm³/mol. The van der Waals surface area contributed by atoms with E-state index in [0.29, 0.717) is 55.7 Å². The summed E-state index contributed by atoms with van der Waals surface area (Å²) in [5.74, 6) is 0. The molecule has 0 saturated heterocycles. The Morgan fingerprint density at radius 1 is 0.270 bits per heavy atom. The zero-order chi connectivity index (χ0) is 70.5. The molecular formula is C86H64F9N5. The van der Waals surface area contributed by atoms with E-state index in [1.807, 2.05) is 162 Å². The van der Waals surface area contributed by atoms with Gasteiger partial charge < -0.3 is 18.3 Å². The molecule has 0 saturated carbocycles. The van der Waals surface area contributed by atoms with E-state index in [1.54, 1.807) is 71.5 Å². The number of hydrogen-bond acceptors (Lipinski definition) is 1. The van der Waals surface area contributed by atoms with Gasteiger partial charge in [0.05, 0.1) is 78.0 Å². The molecule has 0 unspecified atom stereocenters. The summed E-state index contributed by atoms with van der Waals surface area (Å²) in [6, 6.07) is 63.8. The summed E-state index contributed by atoms with van der Waals surface area (Å²) in [5.41, 5.74) is 13.1. The van der Waals surface area contributed by atoms with E-state index in [2.05, 4.69) is 30.3 Å². The lowest BCUT2D eigenvalue weighted by atomic mass is 9.92. The van der Waals surface area contributed by atoms with Crippen LogP contribution in [0.2, 0.25) is 0 Å². The van der Waals surface area contributed by atoms with Gasteiger partial charge in [-0.25, -0.2) is 0 Å². The van der Waals surface area contributed by atoms with Crippen molar-refractivity contribution in [2.75, 3.05) is 0 Å². The van der Waals surface area contributed by atoms with Crippen molar-refractivity contribution in [1.82, 2.24) is 18.3 Å². The van der Waals surface area contributed by atoms with Crippen molar-refractivity contribution in [3.63, 3.8) is 0 Å². The van der Waals surface area contributed by atoms with Crippen LogP contribution < -0.4 is 0 Å². The van der Waals surface area contributed by atoms with Crippen molar-refractivity contribution in [1.29, 1.82) is 5.26 Å². The van der Waals surface area contributed by atoms with Crippen LogP contribution in [0.15, 0.2) is 206 Å². The molecule has 496 valence electrons. The minimum Gasteiger partial charge on any atom is -0.309 e. The second kappa shape index (κ2) is 23.4. The zero-order valence-electron chi connectivity index (χ0n) is 56.3. The van der Waals surface area contributed by atoms with E-state index in [9.17, 15) is 31.6 Å². The van der Waals surface area contributed by atoms with E-state index < -0.39 is 35.2 Å². The Morgan fingerprint density at radius 2 is 0.490 bits per heavy atom. The van der Waals surface area contributed by atoms with Crippen molar-refractivity contribution >= 4 is 87.2 Å². The molecule has 0 fully saturated rings. The molecule has 4 heterocycles. The number of aromatic nitrogens is 4. The second-order valence-corrected chi connectivity index (χ2v) is 26.9. The third kappa shape index (κ3) is 10.6. The molecule has 0 aliphatic carbocycles. The van der Waals surface area contributed by atoms with Gasteiger partial charge in [-0.15, -0.1) is 0 Å². The molecule has 0 atom stereocenters. The average Bonchev–Trinajstić information content (AvgIpc) is 1.54. The summed E-state index contributed by atoms with van der Waals surface area (Å²) in [4.78, 5) is 0. The topological polar surface area (TPSA) is 43.5 Å². The number of hydrogen-bond donors (Lipinski definition) is 0. The number of aryl methyl sites for hydroxylation is 10. The van der Waals surface area contributed by atoms with Gasteiger partial charge in [-0.1, -0.05) is 117 Å². The first-order chi connectivity index (χ1) is 47.6. The number of rotatable bonds is 6. The van der Waals surface area contributed by atoms with Crippen LogP contribution in [0.5, 0.6) is 0 Å². The molecule has 0 bridgehead atoms. The Balaban J connectivity index is 0.000000163. The van der Waals surface area contributed by atoms with Crippen LogP contribution in [0.25, 0.3) is 132 Å². The van der Waals surface area contributed by atoms with Gasteiger partial charge in [0.25, 0.3) is 0 Å². The summed E-state index contributed by atoms with van der Waals surface area (Å²) >= 11 is 0. The lowest BCUT2D eigenvalue weighted by molar-refractivity contribution is -0.138. The molecule has 0 N–H and O–H groups in total. The Bertz CT molecular complexity index is 5660. The summed E-state index contributed by atoms with van der Waals surface area (Å²) < 4.78 is 144. The standard InChI is InChI=1S/C43H32F6N2.C43H32F3N3/c1-23-9-13-34-29(17-23)30-18-24(2)10-14-35(30)50(34)38-21-28(40-27(5)7-6-8-33(40)42(44,45)46)22-39(41(38)43(47,48)49)51-36-15-11-25(3)19-31(36)32-20-26(4)12-16-37(32)51;1-24-9-13-36-30(17-24)31-18-25(2)10-14-37(31)48(36)40-21-29(42-28(5)7-6-8-35(42)43(44,45)46)22-41(34(40)23-47)49-38-15-11-26(3)19-32(38)33-20-27(4)12-16-39(33)49/h6-22H,1-5H3;6-22H,1-5H3. The zero-order valence-corrected chi connectivity index (χ0v) is 56.3. The highest BCUT2D eigenvalue weighted by Gasteiger charge is 2.42. The molecule has 0 aliphatic rings. The molecule has 12 aromatic carbocycles. The lowest BCUT2D eigenvalue weighted by Gasteiger charge is -2.24. The summed E-state index contributed by atoms with van der Waals surface area (Å²) in [6.45, 7) is 19.1. The highest BCUT2D eigenvalue weighted by atomic mass is 19.4. The van der Waals surface area contributed by atoms with E-state index >= 15 is 13.2 Å². The number of halogens is 9. The van der Waals surface area contributed by atoms with Crippen LogP contribution in [0, 0.1) is 80.6 Å². The van der Waals surface area contributed by atoms with Gasteiger partial charge in [-0.2, -0.15) is 44.8 Å². The normalized spacial score (nSPS) is 12.3. The smallest absolute Gasteiger partial charge is 0.309 e. The van der Waals surface area contributed by atoms with Crippen LogP contribution in [-0.2, 0) is 18.5 Å². The fourth-order valence-electron chi connectivity index (χ4n) is 15.2. The maximum absolute atomic E-state index is 16.0. The van der Waals surface area contributed by atoms with Crippen molar-refractivity contribution in [3.05, 3.63) is 284 Å². The van der Waals surface area contributed by atoms with Crippen LogP contribution in [0.4, 0.5) is 39.5 Å². The SMILES string of the molecule is Cc1ccc2c(c1)c1cc(C)ccc1n2-c1cc(-c2c(C)cccc2C(F)(F)F)cc(-n2c3ccc(C)cc3c3cc(C)ccc32)c1C#N.Cc1ccc2c(c1)c1cc(C)ccc1n2-c1cc(-c2c(C)cccc2C(F)(F)F)cc(-n2c3ccc(C)cc3c3cc(C)ccc32)c1C(F)(F)F. The van der Waals surface area contributed by atoms with Gasteiger partial charge in [-0.05, 0) is 236 Å². The predicted octanol–water partition coefficient (Wildman–Crippen LogP) is 25.1. The van der Waals surface area contributed by atoms with Crippen molar-refractivity contribution in [2.45, 2.75) is 87.8 Å². The maximum atomic E-state index is 16.0. The molecular weight excluding hydrogens is 1270 g/mol. The number of nitriles is 1. The molecule has 0 amide bonds. The maximum Gasteiger partial charge on any atom is 0.420 e. The fourth-order valence-corrected chi connectivity index (χ4v) is 15.2. The fraction of sp³-hybridized carbons (Fsp3) is 0.151. The molecule has 100 heavy (non-hydrogen) atoms. The van der Waals surface area contributed by atoms with Crippen LogP contribution in [-0.4, -0.2) is 18.3 Å². The number of nitrogens with zero attached hydrogens (tertiary/aromatic N) is 5. The van der Waals surface area contributed by atoms with E-state index in [4.69, 9.17) is 0 Å². The first-order valence-electron chi connectivity index (χ1n) is 32.8. The van der Waals surface area contributed by atoms with Crippen LogP contribution in [0.3, 0.4) is 0 Å². The molecule has 0 aliphatic heterocycles. The Labute approximate surface area is 570 Å². The first kappa shape index (κ1) is 64.7. The minimum absolute atomic E-state index is 0.0295. The third-order valence-corrected chi connectivity index (χ3v) is 19.6. The summed E-state index contributed by atoms with van der Waals surface area (Å²) in [5, 5.41) is 18.2. The molecule has 16 aromatic rings. The second-order valence-electron chi connectivity index (χ2n) is 26.9. The van der Waals surface area contributed by atoms with Crippen molar-refractivity contribution in [3.8, 4) is 51.1 Å². The molecule has 4 aromatic heterocycles. The Morgan fingerprint density at radius 3 is 0.700 bits per heavy atom. The Kier molecular flexibility index (Phi) is 15.2. The largest absolute Gasteiger partial charge is 0.420 e. The quantitative estimate of drug-likeness (QED) is 0.153. The molecule has 0 spiro atoms. The van der Waals surface area contributed by atoms with Crippen molar-refractivity contribution in [2.24, 2.45) is 0 Å². The monoisotopic (exact) mass is 1340 g/mol. The van der Waals surface area contributed by atoms with E-state index in [-0.39, 0.29) is 28.1 Å². The molecule has 0 radical (unpaired) electrons. The number of fused-ring (bicyclic) bond motifs is 12. The number of alkyl halides is 9. The summed E-state index contributed by atoms with van der Waals surface area (Å²) in [6.07, 6.45) is -14.3. The van der Waals surface area contributed by atoms with E-state index in [0.717, 1.165) is 122 Å². The first-order valence-corrected chi connectivity index (χ1v) is 32.8. The third-order valence-electron chi connectivity index (χ3n) is 19.6. The Hall–Kier alpha value is -11.3. The number of benzene rings is 12. The minimum atomic E-state index is -4.92. The molecule has 5 nitrogen and oxygen atoms in total. The van der Waals surface area contributed by atoms with Crippen molar-refractivity contribution < 1.29 is 39.5 Å². The van der Waals surface area contributed by atoms with Crippen LogP contribution in [0.1, 0.15) is 77.9 Å². The van der Waals surface area contributed by atoms with Gasteiger partial charge in [0, 0.05) is 43.1 Å². The lowest BCUT2D eigenvalue weighted by Crippen LogP contribution is -2.16.